The van der Waals surface area contributed by atoms with Gasteiger partial charge in [0.1, 0.15) is 0 Å². The topological polar surface area (TPSA) is 138 Å². The molecule has 0 radical (unpaired) electrons. The first-order chi connectivity index (χ1) is 17.4. The molecule has 0 bridgehead atoms. The van der Waals surface area contributed by atoms with E-state index >= 15 is 0 Å². The lowest BCUT2D eigenvalue weighted by Crippen LogP contribution is -2.02. The van der Waals surface area contributed by atoms with E-state index in [1.165, 1.54) is 11.1 Å². The number of benzene rings is 3. The van der Waals surface area contributed by atoms with Crippen LogP contribution in [-0.4, -0.2) is 25.9 Å². The Bertz CT molecular complexity index is 1180. The van der Waals surface area contributed by atoms with Crippen LogP contribution in [0.15, 0.2) is 69.6 Å². The molecule has 0 atom stereocenters. The molecule has 0 aliphatic heterocycles. The van der Waals surface area contributed by atoms with Crippen LogP contribution in [-0.2, 0) is 22.4 Å². The van der Waals surface area contributed by atoms with E-state index in [1.807, 2.05) is 36.4 Å². The Morgan fingerprint density at radius 2 is 0.972 bits per heavy atom. The van der Waals surface area contributed by atoms with Crippen molar-refractivity contribution < 1.29 is 9.59 Å². The Balaban J connectivity index is 0.000000982. The molecule has 0 aliphatic rings. The lowest BCUT2D eigenvalue weighted by molar-refractivity contribution is -0.107. The van der Waals surface area contributed by atoms with Crippen molar-refractivity contribution in [2.24, 2.45) is 22.9 Å². The van der Waals surface area contributed by atoms with Gasteiger partial charge in [-0.2, -0.15) is 0 Å². The minimum absolute atomic E-state index is 0.250. The number of halogens is 2. The molecule has 0 fully saturated rings. The Labute approximate surface area is 229 Å². The monoisotopic (exact) mass is 610 g/mol. The number of rotatable bonds is 4. The van der Waals surface area contributed by atoms with Crippen molar-refractivity contribution in [2.75, 3.05) is 13.1 Å². The van der Waals surface area contributed by atoms with Crippen LogP contribution >= 0.6 is 31.9 Å². The summed E-state index contributed by atoms with van der Waals surface area (Å²) in [6, 6.07) is 20.3. The second-order valence-electron chi connectivity index (χ2n) is 7.13. The molecule has 0 spiro atoms. The molecule has 0 heterocycles. The van der Waals surface area contributed by atoms with E-state index < -0.39 is 0 Å². The molecular formula is C28H28Br2N4O2. The molecule has 3 aromatic carbocycles. The maximum Gasteiger partial charge on any atom is 0.204 e. The van der Waals surface area contributed by atoms with Crippen LogP contribution < -0.4 is 22.9 Å². The third-order valence-electron chi connectivity index (χ3n) is 4.35. The molecule has 3 rings (SSSR count). The van der Waals surface area contributed by atoms with Crippen molar-refractivity contribution in [3.05, 3.63) is 103 Å². The van der Waals surface area contributed by atoms with Crippen LogP contribution in [0.4, 0.5) is 0 Å². The standard InChI is InChI=1S/C26H22Br2N2.2CH3NO/c27-25-15-21(13-23(17-25)8-10-29)6-4-19-2-1-3-20(12-19)5-7-22-14-24(9-11-30)18-26(28)16-22;2*2-1-3/h1-3,12-18H,8-11,29-30H2;2*1H,(H2,2,3). The average Bonchev–Trinajstić information content (AvgIpc) is 2.83. The highest BCUT2D eigenvalue weighted by atomic mass is 79.9. The third kappa shape index (κ3) is 12.3. The Morgan fingerprint density at radius 3 is 1.33 bits per heavy atom. The zero-order valence-corrected chi connectivity index (χ0v) is 22.8. The van der Waals surface area contributed by atoms with Gasteiger partial charge in [0.05, 0.1) is 0 Å². The highest BCUT2D eigenvalue weighted by Gasteiger charge is 1.99. The van der Waals surface area contributed by atoms with Crippen LogP contribution in [0.5, 0.6) is 0 Å². The first-order valence-corrected chi connectivity index (χ1v) is 12.4. The third-order valence-corrected chi connectivity index (χ3v) is 5.26. The number of nitrogens with two attached hydrogens (primary N) is 4. The van der Waals surface area contributed by atoms with Crippen molar-refractivity contribution in [1.82, 2.24) is 0 Å². The summed E-state index contributed by atoms with van der Waals surface area (Å²) in [6.45, 7) is 1.24. The molecule has 36 heavy (non-hydrogen) atoms. The molecule has 0 saturated carbocycles. The molecule has 0 saturated heterocycles. The SMILES string of the molecule is NC=O.NC=O.NCCc1cc(Br)cc(C#Cc2cccc(C#Cc3cc(Br)cc(CCN)c3)c2)c1. The van der Waals surface area contributed by atoms with Gasteiger partial charge >= 0.3 is 0 Å². The molecule has 0 aromatic heterocycles. The van der Waals surface area contributed by atoms with Gasteiger partial charge in [0.25, 0.3) is 0 Å². The van der Waals surface area contributed by atoms with Gasteiger partial charge in [-0.15, -0.1) is 0 Å². The Hall–Kier alpha value is -3.40. The van der Waals surface area contributed by atoms with Gasteiger partial charge in [-0.3, -0.25) is 9.59 Å². The summed E-state index contributed by atoms with van der Waals surface area (Å²) in [5, 5.41) is 0. The van der Waals surface area contributed by atoms with Crippen molar-refractivity contribution in [1.29, 1.82) is 0 Å². The van der Waals surface area contributed by atoms with Gasteiger partial charge in [0.2, 0.25) is 12.8 Å². The lowest BCUT2D eigenvalue weighted by atomic mass is 10.1. The Kier molecular flexibility index (Phi) is 15.3. The number of carbonyl (C=O) groups is 2. The number of primary amides is 2. The van der Waals surface area contributed by atoms with E-state index in [0.29, 0.717) is 13.1 Å². The van der Waals surface area contributed by atoms with Crippen molar-refractivity contribution in [2.45, 2.75) is 12.8 Å². The van der Waals surface area contributed by atoms with E-state index in [1.54, 1.807) is 0 Å². The fraction of sp³-hybridized carbons (Fsp3) is 0.143. The predicted octanol–water partition coefficient (Wildman–Crippen LogP) is 3.22. The lowest BCUT2D eigenvalue weighted by Gasteiger charge is -2.01. The molecular weight excluding hydrogens is 584 g/mol. The van der Waals surface area contributed by atoms with Crippen LogP contribution in [0.3, 0.4) is 0 Å². The van der Waals surface area contributed by atoms with E-state index in [2.05, 4.69) is 91.3 Å². The summed E-state index contributed by atoms with van der Waals surface area (Å²) < 4.78 is 2.03. The first kappa shape index (κ1) is 30.6. The molecule has 186 valence electrons. The number of hydrogen-bond acceptors (Lipinski definition) is 4. The zero-order chi connectivity index (χ0) is 26.8. The average molecular weight is 612 g/mol. The largest absolute Gasteiger partial charge is 0.372 e. The maximum absolute atomic E-state index is 8.58. The van der Waals surface area contributed by atoms with Gasteiger partial charge < -0.3 is 22.9 Å². The molecule has 0 aliphatic carbocycles. The smallest absolute Gasteiger partial charge is 0.204 e. The van der Waals surface area contributed by atoms with E-state index in [0.717, 1.165) is 44.0 Å². The summed E-state index contributed by atoms with van der Waals surface area (Å²) in [5.41, 5.74) is 25.8. The highest BCUT2D eigenvalue weighted by Crippen LogP contribution is 2.17. The summed E-state index contributed by atoms with van der Waals surface area (Å²) in [5.74, 6) is 13.0. The molecule has 8 N–H and O–H groups in total. The molecule has 3 aromatic rings. The quantitative estimate of drug-likeness (QED) is 0.266. The van der Waals surface area contributed by atoms with Crippen LogP contribution in [0.25, 0.3) is 0 Å². The van der Waals surface area contributed by atoms with Crippen LogP contribution in [0.2, 0.25) is 0 Å². The minimum Gasteiger partial charge on any atom is -0.372 e. The zero-order valence-electron chi connectivity index (χ0n) is 19.6. The summed E-state index contributed by atoms with van der Waals surface area (Å²) in [7, 11) is 0. The van der Waals surface area contributed by atoms with Crippen molar-refractivity contribution >= 4 is 44.7 Å². The molecule has 2 amide bonds. The first-order valence-electron chi connectivity index (χ1n) is 10.8. The normalized spacial score (nSPS) is 9.00. The second-order valence-corrected chi connectivity index (χ2v) is 8.96. The van der Waals surface area contributed by atoms with Gasteiger partial charge in [0, 0.05) is 31.2 Å². The summed E-state index contributed by atoms with van der Waals surface area (Å²) >= 11 is 7.09. The predicted molar refractivity (Wildman–Crippen MR) is 153 cm³/mol. The fourth-order valence-corrected chi connectivity index (χ4v) is 4.11. The Morgan fingerprint density at radius 1 is 0.611 bits per heavy atom. The molecule has 8 heteroatoms. The van der Waals surface area contributed by atoms with Gasteiger partial charge in [-0.1, -0.05) is 61.6 Å². The second kappa shape index (κ2) is 18.0. The minimum atomic E-state index is 0.250. The van der Waals surface area contributed by atoms with Gasteiger partial charge in [0.15, 0.2) is 0 Å². The van der Waals surface area contributed by atoms with Crippen LogP contribution in [0.1, 0.15) is 33.4 Å². The number of carbonyl (C=O) groups excluding carboxylic acids is 2. The molecule has 6 nitrogen and oxygen atoms in total. The van der Waals surface area contributed by atoms with Crippen molar-refractivity contribution in [3.8, 4) is 23.7 Å². The van der Waals surface area contributed by atoms with E-state index in [4.69, 9.17) is 21.1 Å². The summed E-state index contributed by atoms with van der Waals surface area (Å²) in [6.07, 6.45) is 2.17. The van der Waals surface area contributed by atoms with Crippen LogP contribution in [0, 0.1) is 23.7 Å². The maximum atomic E-state index is 8.58. The highest BCUT2D eigenvalue weighted by molar-refractivity contribution is 9.10. The molecule has 0 unspecified atom stereocenters. The van der Waals surface area contributed by atoms with Crippen molar-refractivity contribution in [3.63, 3.8) is 0 Å². The fourth-order valence-electron chi connectivity index (χ4n) is 3.03. The summed E-state index contributed by atoms with van der Waals surface area (Å²) in [4.78, 5) is 17.2. The van der Waals surface area contributed by atoms with Gasteiger partial charge in [-0.25, -0.2) is 0 Å². The van der Waals surface area contributed by atoms with E-state index in [-0.39, 0.29) is 12.8 Å². The number of amides is 2. The van der Waals surface area contributed by atoms with Gasteiger partial charge in [-0.05, 0) is 91.7 Å². The van der Waals surface area contributed by atoms with E-state index in [9.17, 15) is 0 Å². The number of hydrogen-bond donors (Lipinski definition) is 4.